The van der Waals surface area contributed by atoms with Crippen LogP contribution in [0.25, 0.3) is 0 Å². The normalized spacial score (nSPS) is 10.1. The zero-order valence-electron chi connectivity index (χ0n) is 10.8. The highest BCUT2D eigenvalue weighted by molar-refractivity contribution is 5.90. The van der Waals surface area contributed by atoms with Crippen LogP contribution in [-0.2, 0) is 11.3 Å². The summed E-state index contributed by atoms with van der Waals surface area (Å²) in [4.78, 5) is 36.2. The molecule has 0 unspecified atom stereocenters. The third-order valence-electron chi connectivity index (χ3n) is 2.56. The number of hydrogen-bond donors (Lipinski definition) is 2. The van der Waals surface area contributed by atoms with Gasteiger partial charge in [0, 0.05) is 24.0 Å². The Kier molecular flexibility index (Phi) is 3.99. The van der Waals surface area contributed by atoms with Crippen LogP contribution in [0.2, 0.25) is 0 Å². The van der Waals surface area contributed by atoms with E-state index in [0.29, 0.717) is 11.4 Å². The van der Waals surface area contributed by atoms with Crippen molar-refractivity contribution in [1.29, 1.82) is 0 Å². The van der Waals surface area contributed by atoms with Crippen molar-refractivity contribution in [2.24, 2.45) is 0 Å². The molecule has 1 aromatic carbocycles. The maximum atomic E-state index is 11.8. The minimum absolute atomic E-state index is 0.188. The first kappa shape index (κ1) is 13.6. The summed E-state index contributed by atoms with van der Waals surface area (Å²) in [5.41, 5.74) is -0.565. The molecule has 7 heteroatoms. The van der Waals surface area contributed by atoms with Crippen LogP contribution in [0.5, 0.6) is 5.75 Å². The number of benzene rings is 1. The number of rotatable bonds is 4. The van der Waals surface area contributed by atoms with Gasteiger partial charge in [-0.15, -0.1) is 0 Å². The number of amides is 1. The number of nitrogens with one attached hydrogen (secondary N) is 2. The Bertz CT molecular complexity index is 733. The van der Waals surface area contributed by atoms with E-state index in [1.807, 2.05) is 0 Å². The summed E-state index contributed by atoms with van der Waals surface area (Å²) in [6, 6.07) is 8.03. The van der Waals surface area contributed by atoms with Gasteiger partial charge in [0.1, 0.15) is 12.3 Å². The summed E-state index contributed by atoms with van der Waals surface area (Å²) in [7, 11) is 1.53. The Morgan fingerprint density at radius 3 is 2.85 bits per heavy atom. The van der Waals surface area contributed by atoms with Crippen molar-refractivity contribution in [2.45, 2.75) is 6.54 Å². The number of aromatic amines is 1. The first-order valence-electron chi connectivity index (χ1n) is 5.82. The van der Waals surface area contributed by atoms with Gasteiger partial charge in [-0.3, -0.25) is 19.1 Å². The maximum absolute atomic E-state index is 11.8. The van der Waals surface area contributed by atoms with Gasteiger partial charge < -0.3 is 10.1 Å². The summed E-state index contributed by atoms with van der Waals surface area (Å²) in [6.07, 6.45) is 1.27. The quantitative estimate of drug-likeness (QED) is 0.832. The summed E-state index contributed by atoms with van der Waals surface area (Å²) in [5, 5.41) is 2.64. The van der Waals surface area contributed by atoms with Crippen LogP contribution in [0.3, 0.4) is 0 Å². The molecule has 0 aliphatic heterocycles. The molecule has 1 amide bonds. The van der Waals surface area contributed by atoms with Crippen molar-refractivity contribution in [3.63, 3.8) is 0 Å². The average molecular weight is 275 g/mol. The lowest BCUT2D eigenvalue weighted by Crippen LogP contribution is -2.32. The molecular formula is C13H13N3O4. The third-order valence-corrected chi connectivity index (χ3v) is 2.56. The van der Waals surface area contributed by atoms with Crippen molar-refractivity contribution in [3.05, 3.63) is 57.4 Å². The van der Waals surface area contributed by atoms with Crippen molar-refractivity contribution in [2.75, 3.05) is 12.4 Å². The predicted molar refractivity (Wildman–Crippen MR) is 72.9 cm³/mol. The average Bonchev–Trinajstić information content (AvgIpc) is 2.42. The molecule has 0 fully saturated rings. The predicted octanol–water partition coefficient (Wildman–Crippen LogP) is 0.184. The summed E-state index contributed by atoms with van der Waals surface area (Å²) in [6.45, 7) is -0.188. The highest BCUT2D eigenvalue weighted by Gasteiger charge is 2.06. The first-order valence-corrected chi connectivity index (χ1v) is 5.82. The number of hydrogen-bond acceptors (Lipinski definition) is 4. The van der Waals surface area contributed by atoms with Crippen molar-refractivity contribution >= 4 is 11.6 Å². The summed E-state index contributed by atoms with van der Waals surface area (Å²) < 4.78 is 6.15. The lowest BCUT2D eigenvalue weighted by Gasteiger charge is -2.08. The third kappa shape index (κ3) is 3.35. The molecule has 0 bridgehead atoms. The highest BCUT2D eigenvalue weighted by atomic mass is 16.5. The Morgan fingerprint density at radius 1 is 1.35 bits per heavy atom. The second kappa shape index (κ2) is 5.87. The second-order valence-electron chi connectivity index (χ2n) is 4.02. The molecule has 2 N–H and O–H groups in total. The Hall–Kier alpha value is -2.83. The maximum Gasteiger partial charge on any atom is 0.328 e. The van der Waals surface area contributed by atoms with E-state index in [9.17, 15) is 14.4 Å². The number of nitrogens with zero attached hydrogens (tertiary/aromatic N) is 1. The van der Waals surface area contributed by atoms with Crippen LogP contribution >= 0.6 is 0 Å². The smallest absolute Gasteiger partial charge is 0.328 e. The first-order chi connectivity index (χ1) is 9.58. The minimum atomic E-state index is -0.627. The molecule has 104 valence electrons. The van der Waals surface area contributed by atoms with Gasteiger partial charge in [-0.1, -0.05) is 6.07 Å². The molecule has 1 heterocycles. The molecule has 0 spiro atoms. The number of ether oxygens (including phenoxy) is 1. The fourth-order valence-corrected chi connectivity index (χ4v) is 1.62. The second-order valence-corrected chi connectivity index (χ2v) is 4.02. The molecule has 0 saturated heterocycles. The van der Waals surface area contributed by atoms with E-state index in [4.69, 9.17) is 4.74 Å². The van der Waals surface area contributed by atoms with Gasteiger partial charge in [0.15, 0.2) is 0 Å². The topological polar surface area (TPSA) is 93.2 Å². The molecule has 2 aromatic rings. The number of aromatic nitrogens is 2. The molecule has 7 nitrogen and oxygen atoms in total. The van der Waals surface area contributed by atoms with E-state index in [-0.39, 0.29) is 12.5 Å². The van der Waals surface area contributed by atoms with E-state index in [0.717, 1.165) is 4.57 Å². The van der Waals surface area contributed by atoms with E-state index in [1.54, 1.807) is 24.3 Å². The Morgan fingerprint density at radius 2 is 2.15 bits per heavy atom. The van der Waals surface area contributed by atoms with Gasteiger partial charge >= 0.3 is 5.69 Å². The van der Waals surface area contributed by atoms with Crippen LogP contribution in [0.1, 0.15) is 0 Å². The molecular weight excluding hydrogens is 262 g/mol. The van der Waals surface area contributed by atoms with E-state index >= 15 is 0 Å². The molecule has 0 aliphatic carbocycles. The van der Waals surface area contributed by atoms with Gasteiger partial charge in [-0.05, 0) is 12.1 Å². The van der Waals surface area contributed by atoms with Gasteiger partial charge in [0.05, 0.1) is 7.11 Å². The summed E-state index contributed by atoms with van der Waals surface area (Å²) in [5.74, 6) is 0.233. The SMILES string of the molecule is COc1cccc(NC(=O)Cn2ccc(=O)[nH]c2=O)c1. The Labute approximate surface area is 113 Å². The molecule has 20 heavy (non-hydrogen) atoms. The van der Waals surface area contributed by atoms with Gasteiger partial charge in [0.2, 0.25) is 5.91 Å². The minimum Gasteiger partial charge on any atom is -0.497 e. The van der Waals surface area contributed by atoms with Crippen LogP contribution in [-0.4, -0.2) is 22.6 Å². The molecule has 0 aliphatic rings. The van der Waals surface area contributed by atoms with Gasteiger partial charge in [-0.2, -0.15) is 0 Å². The number of methoxy groups -OCH3 is 1. The zero-order chi connectivity index (χ0) is 14.5. The number of H-pyrrole nitrogens is 1. The molecule has 1 aromatic heterocycles. The van der Waals surface area contributed by atoms with Crippen molar-refractivity contribution in [3.8, 4) is 5.75 Å². The van der Waals surface area contributed by atoms with Crippen LogP contribution < -0.4 is 21.3 Å². The fourth-order valence-electron chi connectivity index (χ4n) is 1.62. The largest absolute Gasteiger partial charge is 0.497 e. The standard InChI is InChI=1S/C13H13N3O4/c1-20-10-4-2-3-9(7-10)14-12(18)8-16-6-5-11(17)15-13(16)19/h2-7H,8H2,1H3,(H,14,18)(H,15,17,19). The Balaban J connectivity index is 2.08. The molecule has 2 rings (SSSR count). The van der Waals surface area contributed by atoms with Gasteiger partial charge in [0.25, 0.3) is 5.56 Å². The number of anilines is 1. The molecule has 0 radical (unpaired) electrons. The number of carbonyl (C=O) groups excluding carboxylic acids is 1. The van der Waals surface area contributed by atoms with E-state index in [2.05, 4.69) is 10.3 Å². The fraction of sp³-hybridized carbons (Fsp3) is 0.154. The van der Waals surface area contributed by atoms with Crippen molar-refractivity contribution < 1.29 is 9.53 Å². The van der Waals surface area contributed by atoms with Crippen LogP contribution in [0, 0.1) is 0 Å². The molecule has 0 atom stereocenters. The monoisotopic (exact) mass is 275 g/mol. The van der Waals surface area contributed by atoms with E-state index in [1.165, 1.54) is 19.4 Å². The number of carbonyl (C=O) groups is 1. The zero-order valence-corrected chi connectivity index (χ0v) is 10.8. The van der Waals surface area contributed by atoms with Crippen LogP contribution in [0.15, 0.2) is 46.1 Å². The van der Waals surface area contributed by atoms with Gasteiger partial charge in [-0.25, -0.2) is 4.79 Å². The lowest BCUT2D eigenvalue weighted by atomic mass is 10.3. The summed E-state index contributed by atoms with van der Waals surface area (Å²) >= 11 is 0. The highest BCUT2D eigenvalue weighted by Crippen LogP contribution is 2.16. The lowest BCUT2D eigenvalue weighted by molar-refractivity contribution is -0.116. The van der Waals surface area contributed by atoms with E-state index < -0.39 is 11.2 Å². The molecule has 0 saturated carbocycles. The van der Waals surface area contributed by atoms with Crippen LogP contribution in [0.4, 0.5) is 5.69 Å². The van der Waals surface area contributed by atoms with Crippen molar-refractivity contribution in [1.82, 2.24) is 9.55 Å².